The number of aryl methyl sites for hydroxylation is 1. The average Bonchev–Trinajstić information content (AvgIpc) is 3.25. The molecule has 1 aliphatic rings. The van der Waals surface area contributed by atoms with Crippen molar-refractivity contribution in [2.75, 3.05) is 24.3 Å². The van der Waals surface area contributed by atoms with Crippen molar-refractivity contribution in [2.45, 2.75) is 57.8 Å². The molecule has 2 heterocycles. The second-order valence-electron chi connectivity index (χ2n) is 10.5. The fourth-order valence-corrected chi connectivity index (χ4v) is 5.90. The number of fused-ring (bicyclic) bond motifs is 4. The molecule has 6 nitrogen and oxygen atoms in total. The molecule has 1 saturated carbocycles. The second-order valence-corrected chi connectivity index (χ2v) is 10.5. The molecule has 37 heavy (non-hydrogen) atoms. The minimum Gasteiger partial charge on any atom is -0.362 e. The Morgan fingerprint density at radius 1 is 0.811 bits per heavy atom. The minimum atomic E-state index is 0.408. The van der Waals surface area contributed by atoms with Crippen LogP contribution in [0.2, 0.25) is 0 Å². The number of nitrogens with one attached hydrogen (secondary N) is 2. The lowest BCUT2D eigenvalue weighted by Crippen LogP contribution is -2.37. The van der Waals surface area contributed by atoms with Crippen molar-refractivity contribution in [3.05, 3.63) is 72.3 Å². The van der Waals surface area contributed by atoms with Crippen LogP contribution >= 0.6 is 0 Å². The third kappa shape index (κ3) is 4.62. The van der Waals surface area contributed by atoms with Crippen LogP contribution in [-0.4, -0.2) is 40.7 Å². The Morgan fingerprint density at radius 2 is 1.51 bits per heavy atom. The number of anilines is 2. The van der Waals surface area contributed by atoms with Gasteiger partial charge in [0.15, 0.2) is 0 Å². The summed E-state index contributed by atoms with van der Waals surface area (Å²) in [5.41, 5.74) is 4.99. The monoisotopic (exact) mass is 492 g/mol. The number of hydrogen-bond donors (Lipinski definition) is 2. The quantitative estimate of drug-likeness (QED) is 0.278. The molecule has 0 amide bonds. The van der Waals surface area contributed by atoms with Gasteiger partial charge in [0, 0.05) is 66.5 Å². The standard InChI is InChI=1S/C31H36N6/c1-4-37-28-12-8-6-9-24(28)26-19-21(13-18-29(26)37)20-32-22-14-16-23(17-15-22)33-31-34-27-11-7-5-10-25(27)30(35-31)36(2)3/h5-13,18-19,22-23,32H,4,14-17,20H2,1-3H3,(H,33,34,35)/t22-,23+. The van der Waals surface area contributed by atoms with E-state index in [1.807, 2.05) is 26.2 Å². The molecule has 3 aromatic carbocycles. The van der Waals surface area contributed by atoms with E-state index in [4.69, 9.17) is 9.97 Å². The van der Waals surface area contributed by atoms with Crippen molar-refractivity contribution < 1.29 is 0 Å². The van der Waals surface area contributed by atoms with Gasteiger partial charge in [-0.15, -0.1) is 0 Å². The number of nitrogens with zero attached hydrogens (tertiary/aromatic N) is 4. The summed E-state index contributed by atoms with van der Waals surface area (Å²) in [7, 11) is 4.07. The molecule has 2 N–H and O–H groups in total. The van der Waals surface area contributed by atoms with Crippen LogP contribution in [0.15, 0.2) is 66.7 Å². The van der Waals surface area contributed by atoms with Crippen LogP contribution in [0.25, 0.3) is 32.7 Å². The Labute approximate surface area is 218 Å². The van der Waals surface area contributed by atoms with Gasteiger partial charge in [-0.05, 0) is 68.5 Å². The molecule has 0 aliphatic heterocycles. The summed E-state index contributed by atoms with van der Waals surface area (Å²) < 4.78 is 2.41. The molecule has 0 atom stereocenters. The molecular weight excluding hydrogens is 456 g/mol. The van der Waals surface area contributed by atoms with E-state index >= 15 is 0 Å². The van der Waals surface area contributed by atoms with E-state index in [2.05, 4.69) is 81.6 Å². The Kier molecular flexibility index (Phi) is 6.43. The van der Waals surface area contributed by atoms with Gasteiger partial charge < -0.3 is 20.1 Å². The van der Waals surface area contributed by atoms with Gasteiger partial charge in [-0.1, -0.05) is 36.4 Å². The molecular formula is C31H36N6. The molecule has 6 rings (SSSR count). The summed E-state index contributed by atoms with van der Waals surface area (Å²) in [5.74, 6) is 1.70. The van der Waals surface area contributed by atoms with E-state index in [-0.39, 0.29) is 0 Å². The molecule has 0 bridgehead atoms. The molecule has 5 aromatic rings. The maximum absolute atomic E-state index is 4.83. The maximum Gasteiger partial charge on any atom is 0.225 e. The van der Waals surface area contributed by atoms with Crippen LogP contribution in [-0.2, 0) is 13.1 Å². The molecule has 190 valence electrons. The van der Waals surface area contributed by atoms with Crippen LogP contribution in [0.4, 0.5) is 11.8 Å². The highest BCUT2D eigenvalue weighted by atomic mass is 15.2. The Hall–Kier alpha value is -3.64. The van der Waals surface area contributed by atoms with Gasteiger partial charge in [0.05, 0.1) is 5.52 Å². The Balaban J connectivity index is 1.09. The largest absolute Gasteiger partial charge is 0.362 e. The molecule has 1 aliphatic carbocycles. The molecule has 2 aromatic heterocycles. The summed E-state index contributed by atoms with van der Waals surface area (Å²) in [6, 6.07) is 24.9. The summed E-state index contributed by atoms with van der Waals surface area (Å²) >= 11 is 0. The average molecular weight is 493 g/mol. The van der Waals surface area contributed by atoms with Crippen molar-refractivity contribution in [3.63, 3.8) is 0 Å². The fraction of sp³-hybridized carbons (Fsp3) is 0.355. The van der Waals surface area contributed by atoms with E-state index in [0.717, 1.165) is 61.4 Å². The minimum absolute atomic E-state index is 0.408. The first-order chi connectivity index (χ1) is 18.1. The molecule has 0 saturated heterocycles. The van der Waals surface area contributed by atoms with Crippen LogP contribution in [0.5, 0.6) is 0 Å². The zero-order chi connectivity index (χ0) is 25.4. The van der Waals surface area contributed by atoms with Gasteiger partial charge in [-0.2, -0.15) is 4.98 Å². The molecule has 0 unspecified atom stereocenters. The zero-order valence-corrected chi connectivity index (χ0v) is 22.0. The van der Waals surface area contributed by atoms with Crippen molar-refractivity contribution in [3.8, 4) is 0 Å². The first-order valence-electron chi connectivity index (χ1n) is 13.5. The lowest BCUT2D eigenvalue weighted by molar-refractivity contribution is 0.352. The van der Waals surface area contributed by atoms with Crippen LogP contribution in [0.3, 0.4) is 0 Å². The van der Waals surface area contributed by atoms with Crippen molar-refractivity contribution in [1.82, 2.24) is 19.9 Å². The first-order valence-corrected chi connectivity index (χ1v) is 13.5. The second kappa shape index (κ2) is 10.0. The van der Waals surface area contributed by atoms with Gasteiger partial charge >= 0.3 is 0 Å². The van der Waals surface area contributed by atoms with Gasteiger partial charge in [0.2, 0.25) is 5.95 Å². The first kappa shape index (κ1) is 23.7. The summed E-state index contributed by atoms with van der Waals surface area (Å²) in [4.78, 5) is 11.7. The predicted octanol–water partition coefficient (Wildman–Crippen LogP) is 6.34. The third-order valence-corrected chi connectivity index (χ3v) is 7.81. The third-order valence-electron chi connectivity index (χ3n) is 7.81. The lowest BCUT2D eigenvalue weighted by atomic mass is 9.91. The predicted molar refractivity (Wildman–Crippen MR) is 155 cm³/mol. The van der Waals surface area contributed by atoms with E-state index in [1.165, 1.54) is 27.4 Å². The van der Waals surface area contributed by atoms with Gasteiger partial charge in [0.25, 0.3) is 0 Å². The fourth-order valence-electron chi connectivity index (χ4n) is 5.90. The van der Waals surface area contributed by atoms with Crippen molar-refractivity contribution in [2.24, 2.45) is 0 Å². The highest BCUT2D eigenvalue weighted by Gasteiger charge is 2.22. The van der Waals surface area contributed by atoms with Crippen LogP contribution in [0.1, 0.15) is 38.2 Å². The number of hydrogen-bond acceptors (Lipinski definition) is 5. The van der Waals surface area contributed by atoms with E-state index in [1.54, 1.807) is 0 Å². The van der Waals surface area contributed by atoms with Crippen LogP contribution < -0.4 is 15.5 Å². The molecule has 1 fully saturated rings. The van der Waals surface area contributed by atoms with Gasteiger partial charge in [-0.25, -0.2) is 4.98 Å². The summed E-state index contributed by atoms with van der Waals surface area (Å²) in [6.45, 7) is 4.11. The number of aromatic nitrogens is 3. The highest BCUT2D eigenvalue weighted by Crippen LogP contribution is 2.30. The maximum atomic E-state index is 4.83. The topological polar surface area (TPSA) is 58.0 Å². The lowest BCUT2D eigenvalue weighted by Gasteiger charge is -2.30. The Bertz CT molecular complexity index is 1540. The number of para-hydroxylation sites is 2. The highest BCUT2D eigenvalue weighted by molar-refractivity contribution is 6.08. The normalized spacial score (nSPS) is 18.0. The van der Waals surface area contributed by atoms with Crippen molar-refractivity contribution >= 4 is 44.5 Å². The molecule has 6 heteroatoms. The zero-order valence-electron chi connectivity index (χ0n) is 22.0. The summed E-state index contributed by atoms with van der Waals surface area (Å²) in [5, 5.41) is 11.3. The van der Waals surface area contributed by atoms with E-state index < -0.39 is 0 Å². The summed E-state index contributed by atoms with van der Waals surface area (Å²) in [6.07, 6.45) is 4.55. The van der Waals surface area contributed by atoms with Crippen LogP contribution in [0, 0.1) is 0 Å². The smallest absolute Gasteiger partial charge is 0.225 e. The van der Waals surface area contributed by atoms with E-state index in [9.17, 15) is 0 Å². The number of rotatable bonds is 7. The Morgan fingerprint density at radius 3 is 2.30 bits per heavy atom. The SMILES string of the molecule is CCn1c2ccccc2c2cc(CN[C@H]3CC[C@@H](Nc4nc(N(C)C)c5ccccc5n4)CC3)ccc21. The van der Waals surface area contributed by atoms with Crippen molar-refractivity contribution in [1.29, 1.82) is 0 Å². The van der Waals surface area contributed by atoms with Gasteiger partial charge in [0.1, 0.15) is 5.82 Å². The molecule has 0 radical (unpaired) electrons. The van der Waals surface area contributed by atoms with E-state index in [0.29, 0.717) is 12.1 Å². The number of benzene rings is 3. The van der Waals surface area contributed by atoms with Gasteiger partial charge in [-0.3, -0.25) is 0 Å². The molecule has 0 spiro atoms.